The number of carbonyl (C=O) groups excluding carboxylic acids is 1. The average Bonchev–Trinajstić information content (AvgIpc) is 2.75. The van der Waals surface area contributed by atoms with Crippen molar-refractivity contribution in [1.82, 2.24) is 20.5 Å². The fourth-order valence-electron chi connectivity index (χ4n) is 2.62. The molecule has 1 aromatic heterocycles. The van der Waals surface area contributed by atoms with E-state index in [9.17, 15) is 9.59 Å². The summed E-state index contributed by atoms with van der Waals surface area (Å²) in [5.41, 5.74) is 0.489. The summed E-state index contributed by atoms with van der Waals surface area (Å²) < 4.78 is 16.3. The van der Waals surface area contributed by atoms with Gasteiger partial charge in [-0.15, -0.1) is 10.2 Å². The molecule has 9 heteroatoms. The molecule has 0 spiro atoms. The molecule has 2 rings (SSSR count). The maximum atomic E-state index is 12.4. The Morgan fingerprint density at radius 3 is 2.67 bits per heavy atom. The van der Waals surface area contributed by atoms with E-state index < -0.39 is 0 Å². The molecule has 0 aliphatic carbocycles. The molecule has 0 aliphatic rings. The number of H-pyrrole nitrogens is 1. The van der Waals surface area contributed by atoms with Crippen LogP contribution in [0, 0.1) is 0 Å². The van der Waals surface area contributed by atoms with Gasteiger partial charge in [-0.2, -0.15) is 0 Å². The van der Waals surface area contributed by atoms with Gasteiger partial charge in [-0.05, 0) is 38.5 Å². The molecule has 1 atom stereocenters. The maximum absolute atomic E-state index is 12.4. The highest BCUT2D eigenvalue weighted by molar-refractivity contribution is 5.76. The van der Waals surface area contributed by atoms with Crippen molar-refractivity contribution >= 4 is 5.91 Å². The highest BCUT2D eigenvalue weighted by Crippen LogP contribution is 2.31. The average molecular weight is 418 g/mol. The Hall–Kier alpha value is -2.94. The molecular formula is C21H30N4O5. The third-order valence-corrected chi connectivity index (χ3v) is 4.50. The molecule has 30 heavy (non-hydrogen) atoms. The van der Waals surface area contributed by atoms with E-state index in [2.05, 4.69) is 20.5 Å². The Kier molecular flexibility index (Phi) is 9.27. The van der Waals surface area contributed by atoms with Crippen LogP contribution < -0.4 is 20.3 Å². The summed E-state index contributed by atoms with van der Waals surface area (Å²) in [6, 6.07) is 5.32. The van der Waals surface area contributed by atoms with Crippen LogP contribution >= 0.6 is 0 Å². The molecule has 0 bridgehead atoms. The van der Waals surface area contributed by atoms with Crippen molar-refractivity contribution in [2.75, 3.05) is 26.9 Å². The van der Waals surface area contributed by atoms with Gasteiger partial charge in [0.25, 0.3) is 5.56 Å². The number of hydrogen-bond donors (Lipinski definition) is 2. The lowest BCUT2D eigenvalue weighted by Gasteiger charge is -2.12. The van der Waals surface area contributed by atoms with E-state index in [1.54, 1.807) is 18.2 Å². The molecule has 0 fully saturated rings. The largest absolute Gasteiger partial charge is 0.493 e. The van der Waals surface area contributed by atoms with Gasteiger partial charge in [0.15, 0.2) is 17.3 Å². The predicted octanol–water partition coefficient (Wildman–Crippen LogP) is 2.10. The second-order valence-electron chi connectivity index (χ2n) is 6.74. The number of methoxy groups -OCH3 is 1. The third-order valence-electron chi connectivity index (χ3n) is 4.50. The van der Waals surface area contributed by atoms with Crippen LogP contribution in [0.5, 0.6) is 11.5 Å². The molecule has 2 N–H and O–H groups in total. The summed E-state index contributed by atoms with van der Waals surface area (Å²) in [6.07, 6.45) is 1.25. The van der Waals surface area contributed by atoms with Gasteiger partial charge in [-0.25, -0.2) is 0 Å². The van der Waals surface area contributed by atoms with Gasteiger partial charge in [0.05, 0.1) is 13.7 Å². The molecule has 1 amide bonds. The van der Waals surface area contributed by atoms with E-state index in [1.165, 1.54) is 7.11 Å². The topological polar surface area (TPSA) is 115 Å². The van der Waals surface area contributed by atoms with Crippen LogP contribution in [0.25, 0.3) is 11.4 Å². The van der Waals surface area contributed by atoms with Crippen LogP contribution in [0.1, 0.15) is 39.3 Å². The van der Waals surface area contributed by atoms with Gasteiger partial charge in [-0.1, -0.05) is 6.92 Å². The number of hydrogen-bond acceptors (Lipinski definition) is 7. The van der Waals surface area contributed by atoms with Gasteiger partial charge in [0.2, 0.25) is 5.91 Å². The van der Waals surface area contributed by atoms with Gasteiger partial charge in [0.1, 0.15) is 12.3 Å². The highest BCUT2D eigenvalue weighted by atomic mass is 16.5. The Labute approximate surface area is 176 Å². The van der Waals surface area contributed by atoms with Crippen LogP contribution in [0.4, 0.5) is 0 Å². The summed E-state index contributed by atoms with van der Waals surface area (Å²) in [5, 5.41) is 11.0. The first-order valence-corrected chi connectivity index (χ1v) is 10.1. The molecule has 0 saturated heterocycles. The number of ether oxygens (including phenoxy) is 3. The minimum absolute atomic E-state index is 0.102. The van der Waals surface area contributed by atoms with Crippen molar-refractivity contribution in [2.24, 2.45) is 0 Å². The standard InChI is InChI=1S/C21H30N4O5/c1-5-14(3)22-19(26)10-8-16-21(27)23-20(25-24-16)15-7-9-17(18(13-15)28-4)30-12-11-29-6-2/h7,9,13-14H,5-6,8,10-12H2,1-4H3,(H,22,26)(H,23,25,27). The van der Waals surface area contributed by atoms with E-state index in [4.69, 9.17) is 14.2 Å². The van der Waals surface area contributed by atoms with E-state index in [0.29, 0.717) is 42.7 Å². The second-order valence-corrected chi connectivity index (χ2v) is 6.74. The normalized spacial score (nSPS) is 11.7. The fraction of sp³-hybridized carbons (Fsp3) is 0.524. The Morgan fingerprint density at radius 2 is 2.00 bits per heavy atom. The third kappa shape index (κ3) is 6.84. The number of aromatic nitrogens is 3. The number of nitrogens with one attached hydrogen (secondary N) is 2. The first-order chi connectivity index (χ1) is 14.5. The molecule has 1 heterocycles. The van der Waals surface area contributed by atoms with E-state index in [-0.39, 0.29) is 36.0 Å². The molecule has 0 radical (unpaired) electrons. The van der Waals surface area contributed by atoms with Gasteiger partial charge >= 0.3 is 0 Å². The first-order valence-electron chi connectivity index (χ1n) is 10.1. The molecule has 2 aromatic rings. The van der Waals surface area contributed by atoms with Crippen molar-refractivity contribution in [3.05, 3.63) is 34.2 Å². The molecule has 9 nitrogen and oxygen atoms in total. The van der Waals surface area contributed by atoms with Crippen molar-refractivity contribution < 1.29 is 19.0 Å². The summed E-state index contributed by atoms with van der Waals surface area (Å²) >= 11 is 0. The van der Waals surface area contributed by atoms with E-state index in [1.807, 2.05) is 20.8 Å². The lowest BCUT2D eigenvalue weighted by molar-refractivity contribution is -0.121. The number of benzene rings is 1. The lowest BCUT2D eigenvalue weighted by atomic mass is 10.2. The number of aromatic amines is 1. The summed E-state index contributed by atoms with van der Waals surface area (Å²) in [6.45, 7) is 7.36. The zero-order chi connectivity index (χ0) is 21.9. The zero-order valence-corrected chi connectivity index (χ0v) is 18.0. The van der Waals surface area contributed by atoms with E-state index in [0.717, 1.165) is 6.42 Å². The van der Waals surface area contributed by atoms with Crippen LogP contribution in [-0.4, -0.2) is 54.1 Å². The van der Waals surface area contributed by atoms with Crippen molar-refractivity contribution in [3.63, 3.8) is 0 Å². The molecule has 164 valence electrons. The van der Waals surface area contributed by atoms with Crippen LogP contribution in [-0.2, 0) is 16.0 Å². The number of rotatable bonds is 12. The number of aryl methyl sites for hydroxylation is 1. The summed E-state index contributed by atoms with van der Waals surface area (Å²) in [5.74, 6) is 1.28. The predicted molar refractivity (Wildman–Crippen MR) is 113 cm³/mol. The summed E-state index contributed by atoms with van der Waals surface area (Å²) in [4.78, 5) is 27.0. The Balaban J connectivity index is 2.06. The Bertz CT molecular complexity index is 884. The van der Waals surface area contributed by atoms with Crippen molar-refractivity contribution in [1.29, 1.82) is 0 Å². The van der Waals surface area contributed by atoms with Crippen LogP contribution in [0.3, 0.4) is 0 Å². The Morgan fingerprint density at radius 1 is 1.20 bits per heavy atom. The SMILES string of the molecule is CCOCCOc1ccc(-c2nnc(CCC(=O)NC(C)CC)c(=O)[nH]2)cc1OC. The van der Waals surface area contributed by atoms with Crippen LogP contribution in [0.2, 0.25) is 0 Å². The smallest absolute Gasteiger partial charge is 0.273 e. The fourth-order valence-corrected chi connectivity index (χ4v) is 2.62. The first kappa shape index (κ1) is 23.3. The molecule has 1 aromatic carbocycles. The van der Waals surface area contributed by atoms with Crippen molar-refractivity contribution in [3.8, 4) is 22.9 Å². The van der Waals surface area contributed by atoms with Crippen LogP contribution in [0.15, 0.2) is 23.0 Å². The van der Waals surface area contributed by atoms with Crippen molar-refractivity contribution in [2.45, 2.75) is 46.1 Å². The highest BCUT2D eigenvalue weighted by Gasteiger charge is 2.13. The maximum Gasteiger partial charge on any atom is 0.273 e. The monoisotopic (exact) mass is 418 g/mol. The quantitative estimate of drug-likeness (QED) is 0.507. The number of amides is 1. The minimum Gasteiger partial charge on any atom is -0.493 e. The van der Waals surface area contributed by atoms with Gasteiger partial charge in [-0.3, -0.25) is 9.59 Å². The van der Waals surface area contributed by atoms with E-state index >= 15 is 0 Å². The lowest BCUT2D eigenvalue weighted by Crippen LogP contribution is -2.32. The van der Waals surface area contributed by atoms with Gasteiger partial charge < -0.3 is 24.5 Å². The number of nitrogens with zero attached hydrogens (tertiary/aromatic N) is 2. The molecular weight excluding hydrogens is 388 g/mol. The molecule has 1 unspecified atom stereocenters. The second kappa shape index (κ2) is 11.9. The zero-order valence-electron chi connectivity index (χ0n) is 18.0. The molecule has 0 saturated carbocycles. The van der Waals surface area contributed by atoms with Gasteiger partial charge in [0, 0.05) is 31.1 Å². The molecule has 0 aliphatic heterocycles. The summed E-state index contributed by atoms with van der Waals surface area (Å²) in [7, 11) is 1.54. The number of carbonyl (C=O) groups is 1. The minimum atomic E-state index is -0.368.